The third-order valence-electron chi connectivity index (χ3n) is 5.32. The topological polar surface area (TPSA) is 52.6 Å². The van der Waals surface area contributed by atoms with E-state index in [4.69, 9.17) is 0 Å². The number of carbonyl (C=O) groups is 1. The van der Waals surface area contributed by atoms with Crippen LogP contribution < -0.4 is 10.2 Å². The van der Waals surface area contributed by atoms with Crippen LogP contribution in [0.15, 0.2) is 84.9 Å². The molecule has 0 saturated carbocycles. The standard InChI is InChI=1S/C24H24N2O2/c27-23(19-11-13-22(14-12-19)26-17-15-25-16-18-26)24(28,20-7-3-1-4-8-20)21-9-5-2-6-10-21/h1-14,25,28H,15-18H2. The van der Waals surface area contributed by atoms with Gasteiger partial charge in [-0.2, -0.15) is 0 Å². The first-order valence-corrected chi connectivity index (χ1v) is 9.63. The largest absolute Gasteiger partial charge is 0.373 e. The number of nitrogens with zero attached hydrogens (tertiary/aromatic N) is 1. The summed E-state index contributed by atoms with van der Waals surface area (Å²) in [5.41, 5.74) is 1.00. The molecule has 3 aromatic carbocycles. The summed E-state index contributed by atoms with van der Waals surface area (Å²) < 4.78 is 0. The zero-order chi connectivity index (χ0) is 19.4. The van der Waals surface area contributed by atoms with Gasteiger partial charge in [-0.25, -0.2) is 0 Å². The number of benzene rings is 3. The van der Waals surface area contributed by atoms with Crippen molar-refractivity contribution in [3.63, 3.8) is 0 Å². The van der Waals surface area contributed by atoms with E-state index >= 15 is 0 Å². The van der Waals surface area contributed by atoms with Gasteiger partial charge in [-0.1, -0.05) is 60.7 Å². The molecule has 1 saturated heterocycles. The number of aliphatic hydroxyl groups is 1. The lowest BCUT2D eigenvalue weighted by atomic mass is 9.80. The lowest BCUT2D eigenvalue weighted by Gasteiger charge is -2.30. The molecule has 0 aromatic heterocycles. The van der Waals surface area contributed by atoms with E-state index in [1.54, 1.807) is 24.3 Å². The third kappa shape index (κ3) is 3.44. The Morgan fingerprint density at radius 2 is 1.29 bits per heavy atom. The van der Waals surface area contributed by atoms with Crippen LogP contribution in [0.1, 0.15) is 21.5 Å². The van der Waals surface area contributed by atoms with Crippen molar-refractivity contribution < 1.29 is 9.90 Å². The maximum absolute atomic E-state index is 13.5. The maximum Gasteiger partial charge on any atom is 0.203 e. The van der Waals surface area contributed by atoms with Gasteiger partial charge in [0, 0.05) is 37.4 Å². The van der Waals surface area contributed by atoms with Crippen LogP contribution in [0.4, 0.5) is 5.69 Å². The van der Waals surface area contributed by atoms with Crippen molar-refractivity contribution >= 4 is 11.5 Å². The molecule has 28 heavy (non-hydrogen) atoms. The van der Waals surface area contributed by atoms with Crippen LogP contribution in [0.3, 0.4) is 0 Å². The van der Waals surface area contributed by atoms with Crippen LogP contribution in [0.2, 0.25) is 0 Å². The Bertz CT molecular complexity index is 878. The fourth-order valence-electron chi connectivity index (χ4n) is 3.74. The second kappa shape index (κ2) is 7.97. The summed E-state index contributed by atoms with van der Waals surface area (Å²) in [6.07, 6.45) is 0. The number of Topliss-reactive ketones (excluding diaryl/α,β-unsaturated/α-hetero) is 1. The third-order valence-corrected chi connectivity index (χ3v) is 5.32. The monoisotopic (exact) mass is 372 g/mol. The molecule has 1 aliphatic heterocycles. The van der Waals surface area contributed by atoms with E-state index in [0.717, 1.165) is 31.9 Å². The number of carbonyl (C=O) groups excluding carboxylic acids is 1. The Hall–Kier alpha value is -2.95. The van der Waals surface area contributed by atoms with Gasteiger partial charge in [0.15, 0.2) is 5.60 Å². The van der Waals surface area contributed by atoms with Crippen LogP contribution in [0, 0.1) is 0 Å². The van der Waals surface area contributed by atoms with Gasteiger partial charge < -0.3 is 15.3 Å². The molecular weight excluding hydrogens is 348 g/mol. The van der Waals surface area contributed by atoms with Gasteiger partial charge in [0.2, 0.25) is 5.78 Å². The Labute approximate surface area is 165 Å². The van der Waals surface area contributed by atoms with Gasteiger partial charge in [-0.15, -0.1) is 0 Å². The van der Waals surface area contributed by atoms with Crippen molar-refractivity contribution in [3.8, 4) is 0 Å². The summed E-state index contributed by atoms with van der Waals surface area (Å²) in [7, 11) is 0. The summed E-state index contributed by atoms with van der Waals surface area (Å²) in [5.74, 6) is -0.322. The average Bonchev–Trinajstić information content (AvgIpc) is 2.80. The number of nitrogens with one attached hydrogen (secondary N) is 1. The van der Waals surface area contributed by atoms with Crippen molar-refractivity contribution in [2.24, 2.45) is 0 Å². The molecule has 142 valence electrons. The molecule has 2 N–H and O–H groups in total. The normalized spacial score (nSPS) is 14.7. The maximum atomic E-state index is 13.5. The summed E-state index contributed by atoms with van der Waals surface area (Å²) in [5, 5.41) is 15.0. The van der Waals surface area contributed by atoms with Gasteiger partial charge in [0.25, 0.3) is 0 Å². The Balaban J connectivity index is 1.70. The molecule has 0 bridgehead atoms. The van der Waals surface area contributed by atoms with E-state index in [1.165, 1.54) is 0 Å². The Kier molecular flexibility index (Phi) is 5.24. The second-order valence-electron chi connectivity index (χ2n) is 7.06. The molecule has 0 spiro atoms. The van der Waals surface area contributed by atoms with E-state index in [1.807, 2.05) is 60.7 Å². The smallest absolute Gasteiger partial charge is 0.203 e. The second-order valence-corrected chi connectivity index (χ2v) is 7.06. The Morgan fingerprint density at radius 1 is 0.786 bits per heavy atom. The van der Waals surface area contributed by atoms with Crippen LogP contribution in [-0.2, 0) is 5.60 Å². The van der Waals surface area contributed by atoms with Gasteiger partial charge in [0.05, 0.1) is 0 Å². The van der Waals surface area contributed by atoms with Gasteiger partial charge in [0.1, 0.15) is 0 Å². The van der Waals surface area contributed by atoms with Crippen molar-refractivity contribution in [2.45, 2.75) is 5.60 Å². The molecule has 0 unspecified atom stereocenters. The fraction of sp³-hybridized carbons (Fsp3) is 0.208. The first-order chi connectivity index (χ1) is 13.7. The summed E-state index contributed by atoms with van der Waals surface area (Å²) in [6.45, 7) is 3.82. The summed E-state index contributed by atoms with van der Waals surface area (Å²) in [4.78, 5) is 15.8. The molecule has 0 amide bonds. The van der Waals surface area contributed by atoms with E-state index in [-0.39, 0.29) is 5.78 Å². The predicted octanol–water partition coefficient (Wildman–Crippen LogP) is 3.22. The minimum Gasteiger partial charge on any atom is -0.373 e. The first kappa shape index (κ1) is 18.4. The molecule has 4 nitrogen and oxygen atoms in total. The van der Waals surface area contributed by atoms with Crippen molar-refractivity contribution in [2.75, 3.05) is 31.1 Å². The number of rotatable bonds is 5. The SMILES string of the molecule is O=C(c1ccc(N2CCNCC2)cc1)C(O)(c1ccccc1)c1ccccc1. The predicted molar refractivity (Wildman–Crippen MR) is 112 cm³/mol. The number of piperazine rings is 1. The number of anilines is 1. The first-order valence-electron chi connectivity index (χ1n) is 9.63. The molecule has 1 aliphatic rings. The molecule has 3 aromatic rings. The minimum absolute atomic E-state index is 0.322. The molecule has 0 aliphatic carbocycles. The molecule has 0 radical (unpaired) electrons. The molecule has 1 fully saturated rings. The zero-order valence-corrected chi connectivity index (χ0v) is 15.7. The molecule has 4 rings (SSSR count). The van der Waals surface area contributed by atoms with E-state index in [2.05, 4.69) is 10.2 Å². The molecular formula is C24H24N2O2. The van der Waals surface area contributed by atoms with Gasteiger partial charge in [-0.05, 0) is 35.4 Å². The molecule has 1 heterocycles. The zero-order valence-electron chi connectivity index (χ0n) is 15.7. The highest BCUT2D eigenvalue weighted by atomic mass is 16.3. The fourth-order valence-corrected chi connectivity index (χ4v) is 3.74. The van der Waals surface area contributed by atoms with Crippen molar-refractivity contribution in [3.05, 3.63) is 102 Å². The number of ketones is 1. The highest BCUT2D eigenvalue weighted by Crippen LogP contribution is 2.33. The van der Waals surface area contributed by atoms with E-state index < -0.39 is 5.60 Å². The van der Waals surface area contributed by atoms with Crippen LogP contribution in [0.5, 0.6) is 0 Å². The number of hydrogen-bond donors (Lipinski definition) is 2. The van der Waals surface area contributed by atoms with Crippen LogP contribution >= 0.6 is 0 Å². The minimum atomic E-state index is -1.72. The quantitative estimate of drug-likeness (QED) is 0.676. The molecule has 0 atom stereocenters. The van der Waals surface area contributed by atoms with Gasteiger partial charge >= 0.3 is 0 Å². The van der Waals surface area contributed by atoms with E-state index in [9.17, 15) is 9.90 Å². The van der Waals surface area contributed by atoms with E-state index in [0.29, 0.717) is 16.7 Å². The molecule has 4 heteroatoms. The summed E-state index contributed by atoms with van der Waals surface area (Å²) >= 11 is 0. The lowest BCUT2D eigenvalue weighted by molar-refractivity contribution is 0.0488. The number of hydrogen-bond acceptors (Lipinski definition) is 4. The van der Waals surface area contributed by atoms with Crippen LogP contribution in [-0.4, -0.2) is 37.1 Å². The average molecular weight is 372 g/mol. The lowest BCUT2D eigenvalue weighted by Crippen LogP contribution is -2.43. The van der Waals surface area contributed by atoms with Gasteiger partial charge in [-0.3, -0.25) is 4.79 Å². The van der Waals surface area contributed by atoms with Crippen molar-refractivity contribution in [1.29, 1.82) is 0 Å². The van der Waals surface area contributed by atoms with Crippen molar-refractivity contribution in [1.82, 2.24) is 5.32 Å². The Morgan fingerprint density at radius 3 is 1.79 bits per heavy atom. The van der Waals surface area contributed by atoms with Crippen LogP contribution in [0.25, 0.3) is 0 Å². The highest BCUT2D eigenvalue weighted by molar-refractivity contribution is 6.05. The highest BCUT2D eigenvalue weighted by Gasteiger charge is 2.40. The summed E-state index contributed by atoms with van der Waals surface area (Å²) in [6, 6.07) is 25.8.